The van der Waals surface area contributed by atoms with Crippen LogP contribution in [0.15, 0.2) is 18.2 Å². The van der Waals surface area contributed by atoms with E-state index in [-0.39, 0.29) is 92.5 Å². The van der Waals surface area contributed by atoms with Gasteiger partial charge in [-0.05, 0) is 24.6 Å². The van der Waals surface area contributed by atoms with Crippen molar-refractivity contribution in [3.8, 4) is 5.75 Å². The van der Waals surface area contributed by atoms with Crippen molar-refractivity contribution in [2.45, 2.75) is 19.3 Å². The summed E-state index contributed by atoms with van der Waals surface area (Å²) in [6.07, 6.45) is 0.0173. The van der Waals surface area contributed by atoms with Gasteiger partial charge >= 0.3 is 71.1 Å². The molecule has 0 saturated carbocycles. The second kappa shape index (κ2) is 11.9. The zero-order valence-corrected chi connectivity index (χ0v) is 17.0. The Hall–Kier alpha value is -0.570. The van der Waals surface area contributed by atoms with Crippen molar-refractivity contribution in [1.82, 2.24) is 0 Å². The fourth-order valence-corrected chi connectivity index (χ4v) is 1.52. The van der Waals surface area contributed by atoms with Crippen molar-refractivity contribution in [2.75, 3.05) is 12.4 Å². The second-order valence-corrected chi connectivity index (χ2v) is 4.05. The standard InChI is InChI=1S/C13H16N2O5.2Na.2H/c1-15-8-5-6-10(9(7-8)13(14)19)20-12(18)4-2-3-11(16)17;;;;/h5-7,15H,2-4H2,1H3,(H2,14,19)(H,16,17);;;;/q;2*+1;2*-1. The van der Waals surface area contributed by atoms with E-state index in [9.17, 15) is 14.4 Å². The number of nitrogens with one attached hydrogen (secondary N) is 1. The van der Waals surface area contributed by atoms with Gasteiger partial charge in [-0.3, -0.25) is 14.4 Å². The Balaban J connectivity index is -0.000000500. The summed E-state index contributed by atoms with van der Waals surface area (Å²) in [6, 6.07) is 4.57. The summed E-state index contributed by atoms with van der Waals surface area (Å²) in [5.41, 5.74) is 5.96. The number of carbonyl (C=O) groups excluding carboxylic acids is 2. The molecule has 0 radical (unpaired) electrons. The summed E-state index contributed by atoms with van der Waals surface area (Å²) in [5, 5.41) is 11.3. The van der Waals surface area contributed by atoms with Crippen LogP contribution in [0.3, 0.4) is 0 Å². The maximum Gasteiger partial charge on any atom is 1.00 e. The third-order valence-corrected chi connectivity index (χ3v) is 2.53. The predicted octanol–water partition coefficient (Wildman–Crippen LogP) is -4.78. The number of hydrogen-bond donors (Lipinski definition) is 3. The molecule has 112 valence electrons. The van der Waals surface area contributed by atoms with E-state index >= 15 is 0 Å². The summed E-state index contributed by atoms with van der Waals surface area (Å²) >= 11 is 0. The van der Waals surface area contributed by atoms with Gasteiger partial charge in [0.1, 0.15) is 5.75 Å². The Morgan fingerprint density at radius 1 is 1.27 bits per heavy atom. The van der Waals surface area contributed by atoms with E-state index in [0.29, 0.717) is 5.69 Å². The van der Waals surface area contributed by atoms with E-state index in [1.165, 1.54) is 12.1 Å². The van der Waals surface area contributed by atoms with Crippen LogP contribution >= 0.6 is 0 Å². The quantitative estimate of drug-likeness (QED) is 0.263. The van der Waals surface area contributed by atoms with Gasteiger partial charge in [-0.1, -0.05) is 0 Å². The molecule has 0 unspecified atom stereocenters. The number of amides is 1. The van der Waals surface area contributed by atoms with E-state index < -0.39 is 17.8 Å². The van der Waals surface area contributed by atoms with Crippen molar-refractivity contribution in [3.63, 3.8) is 0 Å². The van der Waals surface area contributed by atoms with Gasteiger partial charge < -0.3 is 23.7 Å². The Morgan fingerprint density at radius 2 is 1.91 bits per heavy atom. The van der Waals surface area contributed by atoms with Gasteiger partial charge in [0, 0.05) is 25.6 Å². The van der Waals surface area contributed by atoms with E-state index in [2.05, 4.69) is 5.32 Å². The molecule has 1 rings (SSSR count). The SMILES string of the molecule is CNc1ccc(OC(=O)CCCC(=O)O)c(C(N)=O)c1.[H-].[H-].[Na+].[Na+]. The molecular weight excluding hydrogens is 310 g/mol. The number of benzene rings is 1. The topological polar surface area (TPSA) is 119 Å². The van der Waals surface area contributed by atoms with E-state index in [4.69, 9.17) is 15.6 Å². The Labute approximate surface area is 175 Å². The van der Waals surface area contributed by atoms with Gasteiger partial charge in [0.2, 0.25) is 0 Å². The molecule has 0 atom stereocenters. The van der Waals surface area contributed by atoms with Crippen molar-refractivity contribution < 1.29 is 86.2 Å². The molecule has 0 saturated heterocycles. The zero-order chi connectivity index (χ0) is 15.1. The van der Waals surface area contributed by atoms with Crippen LogP contribution in [0.4, 0.5) is 5.69 Å². The van der Waals surface area contributed by atoms with E-state index in [1.807, 2.05) is 0 Å². The third-order valence-electron chi connectivity index (χ3n) is 2.53. The minimum atomic E-state index is -0.978. The third kappa shape index (κ3) is 8.17. The van der Waals surface area contributed by atoms with Gasteiger partial charge in [0.15, 0.2) is 0 Å². The predicted molar refractivity (Wildman–Crippen MR) is 73.9 cm³/mol. The van der Waals surface area contributed by atoms with Gasteiger partial charge in [-0.2, -0.15) is 0 Å². The van der Waals surface area contributed by atoms with Crippen molar-refractivity contribution in [3.05, 3.63) is 23.8 Å². The van der Waals surface area contributed by atoms with Gasteiger partial charge in [0.05, 0.1) is 5.56 Å². The fourth-order valence-electron chi connectivity index (χ4n) is 1.52. The molecule has 4 N–H and O–H groups in total. The first-order chi connectivity index (χ1) is 9.43. The first-order valence-electron chi connectivity index (χ1n) is 5.98. The number of carbonyl (C=O) groups is 3. The minimum Gasteiger partial charge on any atom is -1.00 e. The molecular formula is C13H18N2Na2O5. The van der Waals surface area contributed by atoms with Crippen molar-refractivity contribution >= 4 is 23.5 Å². The molecule has 1 aromatic carbocycles. The minimum absolute atomic E-state index is 0. The molecule has 0 aliphatic heterocycles. The summed E-state index contributed by atoms with van der Waals surface area (Å²) in [4.78, 5) is 33.2. The zero-order valence-electron chi connectivity index (χ0n) is 15.0. The average molecular weight is 328 g/mol. The molecule has 0 heterocycles. The van der Waals surface area contributed by atoms with Crippen molar-refractivity contribution in [1.29, 1.82) is 0 Å². The molecule has 22 heavy (non-hydrogen) atoms. The maximum absolute atomic E-state index is 11.5. The smallest absolute Gasteiger partial charge is 1.00 e. The summed E-state index contributed by atoms with van der Waals surface area (Å²) in [5.74, 6) is -2.23. The molecule has 1 amide bonds. The monoisotopic (exact) mass is 328 g/mol. The summed E-state index contributed by atoms with van der Waals surface area (Å²) in [6.45, 7) is 0. The van der Waals surface area contributed by atoms with Gasteiger partial charge in [0.25, 0.3) is 5.91 Å². The number of anilines is 1. The maximum atomic E-state index is 11.5. The molecule has 1 aromatic rings. The molecule has 9 heteroatoms. The summed E-state index contributed by atoms with van der Waals surface area (Å²) in [7, 11) is 1.68. The number of esters is 1. The Morgan fingerprint density at radius 3 is 2.41 bits per heavy atom. The van der Waals surface area contributed by atoms with Crippen molar-refractivity contribution in [2.24, 2.45) is 5.73 Å². The van der Waals surface area contributed by atoms with Gasteiger partial charge in [-0.25, -0.2) is 0 Å². The number of ether oxygens (including phenoxy) is 1. The van der Waals surface area contributed by atoms with E-state index in [0.717, 1.165) is 0 Å². The first kappa shape index (κ1) is 23.7. The number of rotatable bonds is 7. The first-order valence-corrected chi connectivity index (χ1v) is 5.98. The number of aliphatic carboxylic acids is 1. The average Bonchev–Trinajstić information content (AvgIpc) is 2.38. The normalized spacial score (nSPS) is 8.95. The van der Waals surface area contributed by atoms with Crippen LogP contribution < -0.4 is 74.9 Å². The largest absolute Gasteiger partial charge is 1.00 e. The Bertz CT molecular complexity index is 547. The Kier molecular flexibility index (Phi) is 12.8. The molecule has 0 aliphatic carbocycles. The van der Waals surface area contributed by atoms with Crippen LogP contribution in [-0.2, 0) is 9.59 Å². The van der Waals surface area contributed by atoms with Crippen LogP contribution in [0.5, 0.6) is 5.75 Å². The summed E-state index contributed by atoms with van der Waals surface area (Å²) < 4.78 is 5.03. The second-order valence-electron chi connectivity index (χ2n) is 4.05. The van der Waals surface area contributed by atoms with Crippen LogP contribution in [0.25, 0.3) is 0 Å². The van der Waals surface area contributed by atoms with Gasteiger partial charge in [-0.15, -0.1) is 0 Å². The number of nitrogens with two attached hydrogens (primary N) is 1. The molecule has 7 nitrogen and oxygen atoms in total. The van der Waals surface area contributed by atoms with Crippen LogP contribution in [0.2, 0.25) is 0 Å². The number of carboxylic acid groups (broad SMARTS) is 1. The molecule has 0 aliphatic rings. The number of carboxylic acids is 1. The molecule has 0 spiro atoms. The molecule has 0 bridgehead atoms. The van der Waals surface area contributed by atoms with Crippen LogP contribution in [0.1, 0.15) is 32.5 Å². The fraction of sp³-hybridized carbons (Fsp3) is 0.308. The van der Waals surface area contributed by atoms with Crippen LogP contribution in [0, 0.1) is 0 Å². The molecule has 0 fully saturated rings. The molecule has 0 aromatic heterocycles. The van der Waals surface area contributed by atoms with E-state index in [1.54, 1.807) is 13.1 Å². The number of hydrogen-bond acceptors (Lipinski definition) is 5. The van der Waals surface area contributed by atoms with Crippen LogP contribution in [-0.4, -0.2) is 30.0 Å². The number of primary amides is 1.